The van der Waals surface area contributed by atoms with Gasteiger partial charge in [0.25, 0.3) is 5.91 Å². The number of rotatable bonds is 4. The molecule has 2 saturated heterocycles. The van der Waals surface area contributed by atoms with Crippen LogP contribution in [0.4, 0.5) is 5.69 Å². The molecule has 0 aliphatic carbocycles. The zero-order valence-electron chi connectivity index (χ0n) is 17.2. The third-order valence-corrected chi connectivity index (χ3v) is 8.50. The lowest BCUT2D eigenvalue weighted by Gasteiger charge is -2.25. The fraction of sp³-hybridized carbons (Fsp3) is 0.364. The number of fused-ring (bicyclic) bond motifs is 1. The summed E-state index contributed by atoms with van der Waals surface area (Å²) in [4.78, 5) is 19.1. The first kappa shape index (κ1) is 20.9. The molecule has 2 heterocycles. The van der Waals surface area contributed by atoms with Crippen LogP contribution in [0.15, 0.2) is 47.5 Å². The second-order valence-electron chi connectivity index (χ2n) is 7.83. The summed E-state index contributed by atoms with van der Waals surface area (Å²) < 4.78 is 29.6. The van der Waals surface area contributed by atoms with Crippen molar-refractivity contribution in [1.82, 2.24) is 0 Å². The molecule has 2 fully saturated rings. The third-order valence-electron chi connectivity index (χ3n) is 5.29. The second kappa shape index (κ2) is 8.07. The maximum Gasteiger partial charge on any atom is 0.252 e. The van der Waals surface area contributed by atoms with E-state index in [2.05, 4.69) is 11.1 Å². The van der Waals surface area contributed by atoms with Gasteiger partial charge in [-0.2, -0.15) is 4.99 Å². The number of hydrogen-bond donors (Lipinski definition) is 0. The number of anilines is 1. The smallest absolute Gasteiger partial charge is 0.252 e. The van der Waals surface area contributed by atoms with Crippen LogP contribution in [0.3, 0.4) is 0 Å². The van der Waals surface area contributed by atoms with Gasteiger partial charge in [-0.1, -0.05) is 30.0 Å². The predicted molar refractivity (Wildman–Crippen MR) is 121 cm³/mol. The van der Waals surface area contributed by atoms with Crippen molar-refractivity contribution in [3.8, 4) is 5.75 Å². The minimum absolute atomic E-state index is 0.0867. The molecule has 4 rings (SSSR count). The lowest BCUT2D eigenvalue weighted by Crippen LogP contribution is -2.37. The molecule has 30 heavy (non-hydrogen) atoms. The highest BCUT2D eigenvalue weighted by Crippen LogP contribution is 2.41. The van der Waals surface area contributed by atoms with Crippen LogP contribution in [-0.4, -0.2) is 49.4 Å². The van der Waals surface area contributed by atoms with E-state index in [1.165, 1.54) is 11.8 Å². The summed E-state index contributed by atoms with van der Waals surface area (Å²) >= 11 is 1.40. The lowest BCUT2D eigenvalue weighted by atomic mass is 10.1. The van der Waals surface area contributed by atoms with Gasteiger partial charge in [0.1, 0.15) is 5.75 Å². The van der Waals surface area contributed by atoms with Crippen molar-refractivity contribution < 1.29 is 17.9 Å². The van der Waals surface area contributed by atoms with E-state index < -0.39 is 9.84 Å². The molecule has 0 N–H and O–H groups in total. The molecular weight excluding hydrogens is 420 g/mol. The summed E-state index contributed by atoms with van der Waals surface area (Å²) in [6.07, 6.45) is 0.183. The van der Waals surface area contributed by atoms with Crippen LogP contribution in [0, 0.1) is 13.8 Å². The first-order valence-corrected chi connectivity index (χ1v) is 12.4. The quantitative estimate of drug-likeness (QED) is 0.721. The summed E-state index contributed by atoms with van der Waals surface area (Å²) in [6, 6.07) is 13.2. The number of carbonyl (C=O) groups excluding carboxylic acids is 1. The van der Waals surface area contributed by atoms with Crippen LogP contribution < -0.4 is 9.64 Å². The van der Waals surface area contributed by atoms with Crippen molar-refractivity contribution in [3.05, 3.63) is 59.2 Å². The molecule has 2 aliphatic rings. The second-order valence-corrected chi connectivity index (χ2v) is 11.2. The van der Waals surface area contributed by atoms with Crippen molar-refractivity contribution in [1.29, 1.82) is 0 Å². The number of amides is 1. The first-order chi connectivity index (χ1) is 14.2. The molecule has 2 aliphatic heterocycles. The van der Waals surface area contributed by atoms with Crippen LogP contribution >= 0.6 is 11.8 Å². The first-order valence-electron chi connectivity index (χ1n) is 9.73. The zero-order chi connectivity index (χ0) is 21.5. The number of nitrogens with zero attached hydrogens (tertiary/aromatic N) is 2. The Labute approximate surface area is 181 Å². The Hall–Kier alpha value is -2.32. The monoisotopic (exact) mass is 444 g/mol. The van der Waals surface area contributed by atoms with Crippen molar-refractivity contribution in [2.24, 2.45) is 4.99 Å². The Morgan fingerprint density at radius 1 is 1.13 bits per heavy atom. The molecule has 1 amide bonds. The van der Waals surface area contributed by atoms with Gasteiger partial charge in [0.2, 0.25) is 0 Å². The van der Waals surface area contributed by atoms with Gasteiger partial charge >= 0.3 is 0 Å². The highest BCUT2D eigenvalue weighted by atomic mass is 32.2. The fourth-order valence-corrected chi connectivity index (χ4v) is 7.95. The Kier molecular flexibility index (Phi) is 5.63. The van der Waals surface area contributed by atoms with Gasteiger partial charge in [-0.05, 0) is 54.8 Å². The molecule has 2 atom stereocenters. The topological polar surface area (TPSA) is 76.0 Å². The summed E-state index contributed by atoms with van der Waals surface area (Å²) in [6.45, 7) is 4.02. The van der Waals surface area contributed by atoms with E-state index >= 15 is 0 Å². The normalized spacial score (nSPS) is 23.6. The number of hydrogen-bond acceptors (Lipinski definition) is 5. The molecule has 0 spiro atoms. The van der Waals surface area contributed by atoms with E-state index in [4.69, 9.17) is 4.74 Å². The zero-order valence-corrected chi connectivity index (χ0v) is 18.8. The highest BCUT2D eigenvalue weighted by Gasteiger charge is 2.49. The molecule has 0 aromatic heterocycles. The molecule has 0 bridgehead atoms. The summed E-state index contributed by atoms with van der Waals surface area (Å²) in [5, 5.41) is 0.478. The maximum atomic E-state index is 12.7. The molecule has 6 nitrogen and oxygen atoms in total. The average Bonchev–Trinajstić information content (AvgIpc) is 3.12. The number of thioether (sulfide) groups is 1. The van der Waals surface area contributed by atoms with Gasteiger partial charge in [-0.25, -0.2) is 8.42 Å². The summed E-state index contributed by atoms with van der Waals surface area (Å²) in [5.74, 6) is 0.692. The van der Waals surface area contributed by atoms with Crippen molar-refractivity contribution in [3.63, 3.8) is 0 Å². The average molecular weight is 445 g/mol. The number of ether oxygens (including phenoxy) is 1. The number of methoxy groups -OCH3 is 1. The largest absolute Gasteiger partial charge is 0.497 e. The fourth-order valence-electron chi connectivity index (χ4n) is 4.02. The van der Waals surface area contributed by atoms with Gasteiger partial charge in [0.15, 0.2) is 15.0 Å². The Bertz CT molecular complexity index is 1090. The van der Waals surface area contributed by atoms with Crippen LogP contribution in [0.2, 0.25) is 0 Å². The predicted octanol–water partition coefficient (Wildman–Crippen LogP) is 3.16. The third kappa shape index (κ3) is 4.39. The van der Waals surface area contributed by atoms with Gasteiger partial charge in [0.05, 0.1) is 31.1 Å². The number of amidine groups is 1. The van der Waals surface area contributed by atoms with Crippen LogP contribution in [-0.2, 0) is 21.1 Å². The van der Waals surface area contributed by atoms with Crippen LogP contribution in [0.5, 0.6) is 5.75 Å². The van der Waals surface area contributed by atoms with Crippen molar-refractivity contribution >= 4 is 38.4 Å². The molecule has 8 heteroatoms. The highest BCUT2D eigenvalue weighted by molar-refractivity contribution is 8.16. The number of aryl methyl sites for hydroxylation is 2. The van der Waals surface area contributed by atoms with E-state index in [9.17, 15) is 13.2 Å². The van der Waals surface area contributed by atoms with E-state index in [-0.39, 0.29) is 35.1 Å². The number of sulfone groups is 1. The minimum Gasteiger partial charge on any atom is -0.497 e. The van der Waals surface area contributed by atoms with Crippen LogP contribution in [0.1, 0.15) is 16.7 Å². The lowest BCUT2D eigenvalue weighted by molar-refractivity contribution is -0.117. The van der Waals surface area contributed by atoms with E-state index in [1.54, 1.807) is 7.11 Å². The molecule has 2 aromatic rings. The number of carbonyl (C=O) groups is 1. The van der Waals surface area contributed by atoms with E-state index in [0.717, 1.165) is 28.1 Å². The SMILES string of the molecule is COc1ccc(CC(=O)N=C2S[C@@H]3CS(=O)(=O)C[C@H]3N2c2cc(C)cc(C)c2)cc1. The molecule has 158 valence electrons. The van der Waals surface area contributed by atoms with Gasteiger partial charge < -0.3 is 9.64 Å². The van der Waals surface area contributed by atoms with Crippen LogP contribution in [0.25, 0.3) is 0 Å². The van der Waals surface area contributed by atoms with Gasteiger partial charge in [-0.3, -0.25) is 4.79 Å². The maximum absolute atomic E-state index is 12.7. The standard InChI is InChI=1S/C22H24N2O4S2/c1-14-8-15(2)10-17(9-14)24-19-12-30(26,27)13-20(19)29-22(24)23-21(25)11-16-4-6-18(28-3)7-5-16/h4-10,19-20H,11-13H2,1-3H3/t19-,20-/m1/s1. The Balaban J connectivity index is 1.63. The minimum atomic E-state index is -3.09. The molecule has 0 unspecified atom stereocenters. The number of aliphatic imine (C=N–C) groups is 1. The summed E-state index contributed by atoms with van der Waals surface area (Å²) in [5.41, 5.74) is 3.92. The summed E-state index contributed by atoms with van der Waals surface area (Å²) in [7, 11) is -1.49. The van der Waals surface area contributed by atoms with E-state index in [0.29, 0.717) is 5.17 Å². The Morgan fingerprint density at radius 2 is 1.80 bits per heavy atom. The van der Waals surface area contributed by atoms with Crippen molar-refractivity contribution in [2.75, 3.05) is 23.5 Å². The van der Waals surface area contributed by atoms with Crippen molar-refractivity contribution in [2.45, 2.75) is 31.6 Å². The Morgan fingerprint density at radius 3 is 2.43 bits per heavy atom. The molecule has 0 radical (unpaired) electrons. The molecule has 0 saturated carbocycles. The number of benzene rings is 2. The van der Waals surface area contributed by atoms with Gasteiger partial charge in [0, 0.05) is 10.9 Å². The van der Waals surface area contributed by atoms with E-state index in [1.807, 2.05) is 55.1 Å². The molecular formula is C22H24N2O4S2. The van der Waals surface area contributed by atoms with Gasteiger partial charge in [-0.15, -0.1) is 0 Å². The molecule has 2 aromatic carbocycles.